The van der Waals surface area contributed by atoms with E-state index in [2.05, 4.69) is 0 Å². The van der Waals surface area contributed by atoms with Crippen LogP contribution in [-0.2, 0) is 9.09 Å². The fraction of sp³-hybridized carbons (Fsp3) is 0.667. The molecule has 1 atom stereocenters. The molecular formula is C6H13O2P. The van der Waals surface area contributed by atoms with Crippen molar-refractivity contribution in [1.82, 2.24) is 0 Å². The van der Waals surface area contributed by atoms with Crippen LogP contribution >= 0.6 is 7.37 Å². The van der Waals surface area contributed by atoms with Gasteiger partial charge in [-0.05, 0) is 19.7 Å². The largest absolute Gasteiger partial charge is 0.326 e. The lowest BCUT2D eigenvalue weighted by molar-refractivity contribution is 0.344. The van der Waals surface area contributed by atoms with E-state index in [0.29, 0.717) is 6.61 Å². The van der Waals surface area contributed by atoms with Crippen LogP contribution in [0.15, 0.2) is 11.9 Å². The molecule has 0 amide bonds. The Balaban J connectivity index is 3.87. The number of rotatable bonds is 3. The zero-order chi connectivity index (χ0) is 7.33. The summed E-state index contributed by atoms with van der Waals surface area (Å²) in [6, 6.07) is 0. The third-order valence-electron chi connectivity index (χ3n) is 0.805. The maximum absolute atomic E-state index is 11.1. The lowest BCUT2D eigenvalue weighted by Gasteiger charge is -2.05. The molecule has 0 aliphatic carbocycles. The molecule has 0 N–H and O–H groups in total. The summed E-state index contributed by atoms with van der Waals surface area (Å²) >= 11 is 0. The molecule has 0 saturated heterocycles. The van der Waals surface area contributed by atoms with Gasteiger partial charge in [0.05, 0.1) is 6.61 Å². The van der Waals surface area contributed by atoms with Crippen molar-refractivity contribution in [2.45, 2.75) is 13.8 Å². The van der Waals surface area contributed by atoms with Crippen molar-refractivity contribution in [3.8, 4) is 0 Å². The molecule has 0 saturated carbocycles. The molecule has 2 nitrogen and oxygen atoms in total. The Morgan fingerprint density at radius 2 is 2.22 bits per heavy atom. The lowest BCUT2D eigenvalue weighted by Crippen LogP contribution is -1.82. The summed E-state index contributed by atoms with van der Waals surface area (Å²) in [7, 11) is -2.37. The monoisotopic (exact) mass is 148 g/mol. The summed E-state index contributed by atoms with van der Waals surface area (Å²) in [5, 5.41) is 0. The van der Waals surface area contributed by atoms with Crippen molar-refractivity contribution in [2.24, 2.45) is 0 Å². The second kappa shape index (κ2) is 3.86. The molecule has 9 heavy (non-hydrogen) atoms. The van der Waals surface area contributed by atoms with Gasteiger partial charge in [-0.25, -0.2) is 0 Å². The standard InChI is InChI=1S/C6H13O2P/c1-4-6-9(3,7)8-5-2/h4,6H,5H2,1-3H3. The predicted octanol–water partition coefficient (Wildman–Crippen LogP) is 2.46. The zero-order valence-electron chi connectivity index (χ0n) is 6.13. The van der Waals surface area contributed by atoms with Crippen LogP contribution in [0.3, 0.4) is 0 Å². The van der Waals surface area contributed by atoms with Gasteiger partial charge in [-0.1, -0.05) is 6.08 Å². The molecule has 54 valence electrons. The molecule has 0 rings (SSSR count). The third kappa shape index (κ3) is 4.43. The van der Waals surface area contributed by atoms with Crippen LogP contribution in [0.1, 0.15) is 13.8 Å². The highest BCUT2D eigenvalue weighted by molar-refractivity contribution is 7.61. The number of allylic oxidation sites excluding steroid dienone is 1. The third-order valence-corrected chi connectivity index (χ3v) is 2.42. The highest BCUT2D eigenvalue weighted by Gasteiger charge is 2.07. The van der Waals surface area contributed by atoms with Crippen LogP contribution in [0.5, 0.6) is 0 Å². The summed E-state index contributed by atoms with van der Waals surface area (Å²) in [6.07, 6.45) is 1.75. The summed E-state index contributed by atoms with van der Waals surface area (Å²) in [5.41, 5.74) is 0. The summed E-state index contributed by atoms with van der Waals surface area (Å²) in [4.78, 5) is 0. The Bertz CT molecular complexity index is 140. The first kappa shape index (κ1) is 8.93. The van der Waals surface area contributed by atoms with Crippen molar-refractivity contribution in [3.05, 3.63) is 11.9 Å². The normalized spacial score (nSPS) is 18.1. The average molecular weight is 148 g/mol. The van der Waals surface area contributed by atoms with Gasteiger partial charge in [-0.2, -0.15) is 0 Å². The van der Waals surface area contributed by atoms with E-state index in [1.165, 1.54) is 0 Å². The van der Waals surface area contributed by atoms with Crippen LogP contribution in [0, 0.1) is 0 Å². The van der Waals surface area contributed by atoms with Crippen molar-refractivity contribution in [1.29, 1.82) is 0 Å². The topological polar surface area (TPSA) is 26.3 Å². The quantitative estimate of drug-likeness (QED) is 0.574. The maximum atomic E-state index is 11.1. The van der Waals surface area contributed by atoms with Crippen molar-refractivity contribution in [3.63, 3.8) is 0 Å². The Morgan fingerprint density at radius 3 is 2.56 bits per heavy atom. The highest BCUT2D eigenvalue weighted by Crippen LogP contribution is 2.43. The minimum Gasteiger partial charge on any atom is -0.326 e. The first-order valence-electron chi connectivity index (χ1n) is 2.98. The lowest BCUT2D eigenvalue weighted by atomic mass is 10.8. The molecule has 0 aliphatic heterocycles. The maximum Gasteiger partial charge on any atom is 0.221 e. The minimum atomic E-state index is -2.37. The van der Waals surface area contributed by atoms with E-state index in [4.69, 9.17) is 4.52 Å². The fourth-order valence-electron chi connectivity index (χ4n) is 0.570. The van der Waals surface area contributed by atoms with Crippen molar-refractivity contribution in [2.75, 3.05) is 13.3 Å². The molecule has 0 aromatic rings. The molecule has 1 unspecified atom stereocenters. The zero-order valence-corrected chi connectivity index (χ0v) is 7.02. The van der Waals surface area contributed by atoms with Gasteiger partial charge in [-0.3, -0.25) is 4.57 Å². The highest BCUT2D eigenvalue weighted by atomic mass is 31.2. The SMILES string of the molecule is CC=CP(C)(=O)OCC. The van der Waals surface area contributed by atoms with Gasteiger partial charge in [-0.15, -0.1) is 0 Å². The van der Waals surface area contributed by atoms with Gasteiger partial charge >= 0.3 is 0 Å². The summed E-state index contributed by atoms with van der Waals surface area (Å²) in [6.45, 7) is 5.78. The van der Waals surface area contributed by atoms with Gasteiger partial charge < -0.3 is 4.52 Å². The van der Waals surface area contributed by atoms with Gasteiger partial charge in [0.1, 0.15) is 0 Å². The second-order valence-electron chi connectivity index (χ2n) is 1.81. The van der Waals surface area contributed by atoms with Crippen LogP contribution in [0.2, 0.25) is 0 Å². The van der Waals surface area contributed by atoms with Crippen LogP contribution in [-0.4, -0.2) is 13.3 Å². The van der Waals surface area contributed by atoms with Crippen LogP contribution in [0.25, 0.3) is 0 Å². The molecule has 0 aromatic heterocycles. The van der Waals surface area contributed by atoms with E-state index in [-0.39, 0.29) is 0 Å². The Hall–Kier alpha value is -0.0700. The van der Waals surface area contributed by atoms with E-state index in [1.54, 1.807) is 18.6 Å². The van der Waals surface area contributed by atoms with Gasteiger partial charge in [0.15, 0.2) is 0 Å². The summed E-state index contributed by atoms with van der Waals surface area (Å²) in [5.74, 6) is 1.61. The van der Waals surface area contributed by atoms with Crippen LogP contribution < -0.4 is 0 Å². The summed E-state index contributed by atoms with van der Waals surface area (Å²) < 4.78 is 16.0. The first-order valence-corrected chi connectivity index (χ1v) is 5.12. The molecule has 0 fully saturated rings. The smallest absolute Gasteiger partial charge is 0.221 e. The van der Waals surface area contributed by atoms with E-state index in [9.17, 15) is 4.57 Å². The average Bonchev–Trinajstić information content (AvgIpc) is 1.64. The van der Waals surface area contributed by atoms with Crippen molar-refractivity contribution >= 4 is 7.37 Å². The van der Waals surface area contributed by atoms with Gasteiger partial charge in [0.2, 0.25) is 7.37 Å². The Labute approximate surface area is 56.4 Å². The first-order chi connectivity index (χ1) is 4.12. The molecule has 0 aliphatic rings. The van der Waals surface area contributed by atoms with E-state index in [0.717, 1.165) is 0 Å². The van der Waals surface area contributed by atoms with Crippen molar-refractivity contribution < 1.29 is 9.09 Å². The van der Waals surface area contributed by atoms with E-state index >= 15 is 0 Å². The molecule has 3 heteroatoms. The minimum absolute atomic E-state index is 0.512. The molecule has 0 radical (unpaired) electrons. The molecule has 0 heterocycles. The molecular weight excluding hydrogens is 135 g/mol. The fourth-order valence-corrected chi connectivity index (χ4v) is 1.71. The van der Waals surface area contributed by atoms with Crippen LogP contribution in [0.4, 0.5) is 0 Å². The predicted molar refractivity (Wildman–Crippen MR) is 40.0 cm³/mol. The van der Waals surface area contributed by atoms with E-state index in [1.807, 2.05) is 13.8 Å². The molecule has 0 aromatic carbocycles. The van der Waals surface area contributed by atoms with Gasteiger partial charge in [0.25, 0.3) is 0 Å². The molecule has 0 bridgehead atoms. The number of hydrogen-bond acceptors (Lipinski definition) is 2. The number of hydrogen-bond donors (Lipinski definition) is 0. The Morgan fingerprint density at radius 1 is 1.67 bits per heavy atom. The Kier molecular flexibility index (Phi) is 3.83. The molecule has 0 spiro atoms. The van der Waals surface area contributed by atoms with Gasteiger partial charge in [0, 0.05) is 6.66 Å². The van der Waals surface area contributed by atoms with E-state index < -0.39 is 7.37 Å². The second-order valence-corrected chi connectivity index (χ2v) is 4.18.